The number of aliphatic imine (C=N–C) groups is 1. The van der Waals surface area contributed by atoms with Crippen LogP contribution in [0.4, 0.5) is 15.8 Å². The quantitative estimate of drug-likeness (QED) is 0.596. The first kappa shape index (κ1) is 14.9. The summed E-state index contributed by atoms with van der Waals surface area (Å²) < 4.78 is 14.4. The molecule has 0 aromatic heterocycles. The fourth-order valence-corrected chi connectivity index (χ4v) is 3.28. The van der Waals surface area contributed by atoms with Crippen LogP contribution in [0.25, 0.3) is 10.8 Å². The third kappa shape index (κ3) is 2.90. The molecular formula is C21H19FN2. The van der Waals surface area contributed by atoms with Gasteiger partial charge in [-0.3, -0.25) is 4.99 Å². The average Bonchev–Trinajstić information content (AvgIpc) is 3.14. The summed E-state index contributed by atoms with van der Waals surface area (Å²) in [6.45, 7) is 1.89. The molecule has 1 saturated heterocycles. The van der Waals surface area contributed by atoms with Gasteiger partial charge in [0.1, 0.15) is 5.82 Å². The van der Waals surface area contributed by atoms with E-state index in [9.17, 15) is 4.39 Å². The van der Waals surface area contributed by atoms with Crippen LogP contribution in [0.1, 0.15) is 18.4 Å². The molecule has 1 aliphatic heterocycles. The second-order valence-electron chi connectivity index (χ2n) is 6.16. The zero-order chi connectivity index (χ0) is 16.4. The molecule has 1 fully saturated rings. The highest BCUT2D eigenvalue weighted by molar-refractivity contribution is 5.95. The minimum atomic E-state index is -0.168. The Bertz CT molecular complexity index is 890. The summed E-state index contributed by atoms with van der Waals surface area (Å²) in [7, 11) is 0. The van der Waals surface area contributed by atoms with Gasteiger partial charge >= 0.3 is 0 Å². The number of hydrogen-bond donors (Lipinski definition) is 0. The second kappa shape index (κ2) is 6.44. The molecule has 0 aliphatic carbocycles. The van der Waals surface area contributed by atoms with Crippen molar-refractivity contribution >= 4 is 28.4 Å². The molecular weight excluding hydrogens is 299 g/mol. The van der Waals surface area contributed by atoms with E-state index in [0.29, 0.717) is 5.69 Å². The van der Waals surface area contributed by atoms with Crippen LogP contribution in [0.5, 0.6) is 0 Å². The molecule has 0 spiro atoms. The Labute approximate surface area is 141 Å². The predicted octanol–water partition coefficient (Wildman–Crippen LogP) is 5.33. The fraction of sp³-hybridized carbons (Fsp3) is 0.190. The maximum absolute atomic E-state index is 14.4. The van der Waals surface area contributed by atoms with Crippen molar-refractivity contribution in [1.82, 2.24) is 0 Å². The van der Waals surface area contributed by atoms with E-state index < -0.39 is 0 Å². The highest BCUT2D eigenvalue weighted by Crippen LogP contribution is 2.27. The molecule has 120 valence electrons. The van der Waals surface area contributed by atoms with Gasteiger partial charge in [-0.2, -0.15) is 0 Å². The Kier molecular flexibility index (Phi) is 3.99. The number of rotatable bonds is 3. The average molecular weight is 318 g/mol. The lowest BCUT2D eigenvalue weighted by Crippen LogP contribution is -2.18. The molecule has 0 amide bonds. The van der Waals surface area contributed by atoms with E-state index in [4.69, 9.17) is 0 Å². The van der Waals surface area contributed by atoms with Gasteiger partial charge in [-0.05, 0) is 42.0 Å². The number of nitrogens with zero attached hydrogens (tertiary/aromatic N) is 2. The van der Waals surface area contributed by atoms with E-state index in [1.54, 1.807) is 12.3 Å². The number of hydrogen-bond acceptors (Lipinski definition) is 2. The highest BCUT2D eigenvalue weighted by atomic mass is 19.1. The zero-order valence-corrected chi connectivity index (χ0v) is 13.5. The van der Waals surface area contributed by atoms with Crippen molar-refractivity contribution in [3.8, 4) is 0 Å². The van der Waals surface area contributed by atoms with Crippen LogP contribution in [-0.4, -0.2) is 19.3 Å². The van der Waals surface area contributed by atoms with Gasteiger partial charge in [-0.25, -0.2) is 4.39 Å². The molecule has 2 nitrogen and oxygen atoms in total. The normalized spacial score (nSPS) is 14.8. The molecule has 0 bridgehead atoms. The van der Waals surface area contributed by atoms with Crippen molar-refractivity contribution in [2.45, 2.75) is 12.8 Å². The van der Waals surface area contributed by atoms with Crippen LogP contribution < -0.4 is 4.90 Å². The van der Waals surface area contributed by atoms with Crippen molar-refractivity contribution in [1.29, 1.82) is 0 Å². The number of halogens is 1. The molecule has 0 saturated carbocycles. The lowest BCUT2D eigenvalue weighted by molar-refractivity contribution is 0.623. The first-order chi connectivity index (χ1) is 11.8. The minimum Gasteiger partial charge on any atom is -0.369 e. The molecule has 0 N–H and O–H groups in total. The number of fused-ring (bicyclic) bond motifs is 1. The van der Waals surface area contributed by atoms with Crippen LogP contribution in [-0.2, 0) is 0 Å². The van der Waals surface area contributed by atoms with E-state index in [2.05, 4.69) is 28.1 Å². The van der Waals surface area contributed by atoms with E-state index in [-0.39, 0.29) is 5.82 Å². The largest absolute Gasteiger partial charge is 0.369 e. The van der Waals surface area contributed by atoms with Crippen LogP contribution in [0.15, 0.2) is 65.7 Å². The van der Waals surface area contributed by atoms with E-state index in [1.807, 2.05) is 36.4 Å². The van der Waals surface area contributed by atoms with Crippen LogP contribution in [0.3, 0.4) is 0 Å². The molecule has 0 radical (unpaired) electrons. The van der Waals surface area contributed by atoms with Gasteiger partial charge in [-0.1, -0.05) is 42.5 Å². The van der Waals surface area contributed by atoms with Crippen molar-refractivity contribution in [3.05, 3.63) is 72.0 Å². The fourth-order valence-electron chi connectivity index (χ4n) is 3.28. The summed E-state index contributed by atoms with van der Waals surface area (Å²) in [4.78, 5) is 6.68. The maximum atomic E-state index is 14.4. The lowest BCUT2D eigenvalue weighted by Gasteiger charge is -2.18. The highest BCUT2D eigenvalue weighted by Gasteiger charge is 2.15. The Hall–Kier alpha value is -2.68. The van der Waals surface area contributed by atoms with Crippen molar-refractivity contribution in [2.24, 2.45) is 4.99 Å². The topological polar surface area (TPSA) is 15.6 Å². The molecule has 3 aromatic rings. The molecule has 3 aromatic carbocycles. The van der Waals surface area contributed by atoms with E-state index >= 15 is 0 Å². The van der Waals surface area contributed by atoms with Gasteiger partial charge in [-0.15, -0.1) is 0 Å². The second-order valence-corrected chi connectivity index (χ2v) is 6.16. The van der Waals surface area contributed by atoms with Gasteiger partial charge < -0.3 is 4.90 Å². The molecule has 3 heteroatoms. The Morgan fingerprint density at radius 3 is 2.54 bits per heavy atom. The van der Waals surface area contributed by atoms with E-state index in [0.717, 1.165) is 48.0 Å². The summed E-state index contributed by atoms with van der Waals surface area (Å²) in [5.74, 6) is -0.168. The maximum Gasteiger partial charge on any atom is 0.147 e. The SMILES string of the molecule is Fc1cc(C=Nc2cccc3ccccc23)ccc1N1CCCC1. The summed E-state index contributed by atoms with van der Waals surface area (Å²) >= 11 is 0. The van der Waals surface area contributed by atoms with Gasteiger partial charge in [0.05, 0.1) is 11.4 Å². The standard InChI is InChI=1S/C21H19FN2/c22-19-14-16(10-11-21(19)24-12-3-4-13-24)15-23-20-9-5-7-17-6-1-2-8-18(17)20/h1-2,5-11,14-15H,3-4,12-13H2. The molecule has 0 atom stereocenters. The smallest absolute Gasteiger partial charge is 0.147 e. The molecule has 4 rings (SSSR count). The zero-order valence-electron chi connectivity index (χ0n) is 13.5. The van der Waals surface area contributed by atoms with Gasteiger partial charge in [0.2, 0.25) is 0 Å². The van der Waals surface area contributed by atoms with E-state index in [1.165, 1.54) is 0 Å². The summed E-state index contributed by atoms with van der Waals surface area (Å²) in [6.07, 6.45) is 4.02. The van der Waals surface area contributed by atoms with Crippen LogP contribution in [0.2, 0.25) is 0 Å². The molecule has 1 heterocycles. The van der Waals surface area contributed by atoms with Gasteiger partial charge in [0.25, 0.3) is 0 Å². The van der Waals surface area contributed by atoms with Crippen molar-refractivity contribution < 1.29 is 4.39 Å². The first-order valence-electron chi connectivity index (χ1n) is 8.37. The summed E-state index contributed by atoms with van der Waals surface area (Å²) in [6, 6.07) is 19.6. The molecule has 24 heavy (non-hydrogen) atoms. The Morgan fingerprint density at radius 1 is 0.917 bits per heavy atom. The third-order valence-electron chi connectivity index (χ3n) is 4.54. The monoisotopic (exact) mass is 318 g/mol. The summed E-state index contributed by atoms with van der Waals surface area (Å²) in [5, 5.41) is 2.26. The predicted molar refractivity (Wildman–Crippen MR) is 99.0 cm³/mol. The number of benzene rings is 3. The van der Waals surface area contributed by atoms with Gasteiger partial charge in [0, 0.05) is 24.7 Å². The van der Waals surface area contributed by atoms with Crippen molar-refractivity contribution in [3.63, 3.8) is 0 Å². The number of anilines is 1. The summed E-state index contributed by atoms with van der Waals surface area (Å²) in [5.41, 5.74) is 2.38. The minimum absolute atomic E-state index is 0.168. The third-order valence-corrected chi connectivity index (χ3v) is 4.54. The molecule has 0 unspecified atom stereocenters. The lowest BCUT2D eigenvalue weighted by atomic mass is 10.1. The first-order valence-corrected chi connectivity index (χ1v) is 8.37. The Balaban J connectivity index is 1.62. The van der Waals surface area contributed by atoms with Crippen LogP contribution >= 0.6 is 0 Å². The molecule has 1 aliphatic rings. The van der Waals surface area contributed by atoms with Crippen LogP contribution in [0, 0.1) is 5.82 Å². The van der Waals surface area contributed by atoms with Gasteiger partial charge in [0.15, 0.2) is 0 Å². The Morgan fingerprint density at radius 2 is 1.71 bits per heavy atom. The van der Waals surface area contributed by atoms with Crippen molar-refractivity contribution in [2.75, 3.05) is 18.0 Å².